The first-order valence-electron chi connectivity index (χ1n) is 8.96. The van der Waals surface area contributed by atoms with Gasteiger partial charge in [-0.3, -0.25) is 0 Å². The van der Waals surface area contributed by atoms with Crippen LogP contribution in [0.25, 0.3) is 0 Å². The molecule has 1 aromatic rings. The van der Waals surface area contributed by atoms with Gasteiger partial charge in [0, 0.05) is 12.1 Å². The van der Waals surface area contributed by atoms with Gasteiger partial charge in [-0.25, -0.2) is 0 Å². The summed E-state index contributed by atoms with van der Waals surface area (Å²) in [4.78, 5) is 0. The number of hydrogen-bond acceptors (Lipinski definition) is 3. The van der Waals surface area contributed by atoms with Crippen molar-refractivity contribution >= 4 is 0 Å². The van der Waals surface area contributed by atoms with Gasteiger partial charge in [0.2, 0.25) is 0 Å². The average molecular weight is 336 g/mol. The molecule has 0 saturated carbocycles. The fourth-order valence-corrected chi connectivity index (χ4v) is 3.24. The number of aliphatic hydroxyl groups excluding tert-OH is 1. The van der Waals surface area contributed by atoms with Gasteiger partial charge < -0.3 is 15.2 Å². The van der Waals surface area contributed by atoms with E-state index in [0.717, 1.165) is 12.2 Å². The van der Waals surface area contributed by atoms with E-state index in [1.807, 2.05) is 18.2 Å². The second kappa shape index (κ2) is 7.88. The quantitative estimate of drug-likeness (QED) is 0.769. The molecule has 1 rings (SSSR count). The lowest BCUT2D eigenvalue weighted by Crippen LogP contribution is -2.46. The molecule has 0 aliphatic carbocycles. The highest BCUT2D eigenvalue weighted by molar-refractivity contribution is 5.38. The summed E-state index contributed by atoms with van der Waals surface area (Å²) < 4.78 is 5.90. The Balaban J connectivity index is 2.55. The van der Waals surface area contributed by atoms with Crippen LogP contribution in [0.3, 0.4) is 0 Å². The molecule has 0 saturated heterocycles. The number of para-hydroxylation sites is 1. The maximum atomic E-state index is 10.3. The zero-order valence-electron chi connectivity index (χ0n) is 16.9. The first-order valence-corrected chi connectivity index (χ1v) is 8.96. The van der Waals surface area contributed by atoms with Crippen LogP contribution in [0, 0.1) is 5.41 Å². The molecule has 0 fully saturated rings. The van der Waals surface area contributed by atoms with Crippen LogP contribution in [0.1, 0.15) is 67.4 Å². The summed E-state index contributed by atoms with van der Waals surface area (Å²) in [5.41, 5.74) is 1.43. The van der Waals surface area contributed by atoms with E-state index in [4.69, 9.17) is 4.74 Å². The van der Waals surface area contributed by atoms with E-state index in [-0.39, 0.29) is 16.4 Å². The number of rotatable bonds is 7. The molecule has 0 aliphatic rings. The van der Waals surface area contributed by atoms with Crippen molar-refractivity contribution < 1.29 is 9.84 Å². The summed E-state index contributed by atoms with van der Waals surface area (Å²) in [6.45, 7) is 18.4. The molecule has 0 unspecified atom stereocenters. The molecule has 0 aliphatic heterocycles. The zero-order chi connectivity index (χ0) is 18.6. The fraction of sp³-hybridized carbons (Fsp3) is 0.714. The van der Waals surface area contributed by atoms with Gasteiger partial charge in [0.05, 0.1) is 0 Å². The SMILES string of the molecule is CC(C)(C)CC(C)(C)NC[C@H](O)COc1ccccc1C(C)(C)C. The molecule has 24 heavy (non-hydrogen) atoms. The predicted octanol–water partition coefficient (Wildman–Crippen LogP) is 4.53. The lowest BCUT2D eigenvalue weighted by atomic mass is 9.82. The average Bonchev–Trinajstić information content (AvgIpc) is 2.40. The highest BCUT2D eigenvalue weighted by Crippen LogP contribution is 2.31. The van der Waals surface area contributed by atoms with E-state index in [9.17, 15) is 5.11 Å². The van der Waals surface area contributed by atoms with Gasteiger partial charge in [0.1, 0.15) is 18.5 Å². The van der Waals surface area contributed by atoms with Gasteiger partial charge in [-0.05, 0) is 42.7 Å². The Hall–Kier alpha value is -1.06. The minimum atomic E-state index is -0.530. The van der Waals surface area contributed by atoms with Gasteiger partial charge in [-0.15, -0.1) is 0 Å². The summed E-state index contributed by atoms with van der Waals surface area (Å²) in [6.07, 6.45) is 0.512. The second-order valence-electron chi connectivity index (χ2n) is 9.71. The Morgan fingerprint density at radius 3 is 2.12 bits per heavy atom. The van der Waals surface area contributed by atoms with Crippen LogP contribution < -0.4 is 10.1 Å². The van der Waals surface area contributed by atoms with E-state index in [1.54, 1.807) is 0 Å². The van der Waals surface area contributed by atoms with Gasteiger partial charge in [-0.2, -0.15) is 0 Å². The molecule has 138 valence electrons. The standard InChI is InChI=1S/C21H37NO2/c1-19(2,3)15-21(7,8)22-13-16(23)14-24-18-12-10-9-11-17(18)20(4,5)6/h9-12,16,22-23H,13-15H2,1-8H3/t16-/m0/s1. The first kappa shape index (κ1) is 21.0. The number of hydrogen-bond donors (Lipinski definition) is 2. The third-order valence-electron chi connectivity index (χ3n) is 3.91. The van der Waals surface area contributed by atoms with E-state index in [1.165, 1.54) is 5.56 Å². The largest absolute Gasteiger partial charge is 0.491 e. The van der Waals surface area contributed by atoms with Crippen molar-refractivity contribution in [1.82, 2.24) is 5.32 Å². The molecule has 1 atom stereocenters. The lowest BCUT2D eigenvalue weighted by Gasteiger charge is -2.34. The molecule has 0 spiro atoms. The number of β-amino-alcohol motifs (C(OH)–C–C–N with tert-alkyl or cyclic N) is 1. The third kappa shape index (κ3) is 7.67. The van der Waals surface area contributed by atoms with Crippen molar-refractivity contribution in [3.63, 3.8) is 0 Å². The van der Waals surface area contributed by atoms with Gasteiger partial charge >= 0.3 is 0 Å². The monoisotopic (exact) mass is 335 g/mol. The van der Waals surface area contributed by atoms with Gasteiger partial charge in [0.25, 0.3) is 0 Å². The van der Waals surface area contributed by atoms with Crippen molar-refractivity contribution in [2.24, 2.45) is 5.41 Å². The van der Waals surface area contributed by atoms with Crippen LogP contribution in [0.5, 0.6) is 5.75 Å². The highest BCUT2D eigenvalue weighted by Gasteiger charge is 2.25. The summed E-state index contributed by atoms with van der Waals surface area (Å²) in [6, 6.07) is 8.07. The summed E-state index contributed by atoms with van der Waals surface area (Å²) in [7, 11) is 0. The number of aliphatic hydroxyl groups is 1. The van der Waals surface area contributed by atoms with Crippen LogP contribution in [0.2, 0.25) is 0 Å². The Morgan fingerprint density at radius 2 is 1.58 bits per heavy atom. The van der Waals surface area contributed by atoms with Crippen molar-refractivity contribution in [3.8, 4) is 5.75 Å². The summed E-state index contributed by atoms with van der Waals surface area (Å²) in [5.74, 6) is 0.859. The summed E-state index contributed by atoms with van der Waals surface area (Å²) in [5, 5.41) is 13.7. The molecule has 2 N–H and O–H groups in total. The highest BCUT2D eigenvalue weighted by atomic mass is 16.5. The molecule has 0 bridgehead atoms. The zero-order valence-corrected chi connectivity index (χ0v) is 16.9. The predicted molar refractivity (Wildman–Crippen MR) is 103 cm³/mol. The topological polar surface area (TPSA) is 41.5 Å². The molecule has 0 amide bonds. The fourth-order valence-electron chi connectivity index (χ4n) is 3.24. The third-order valence-corrected chi connectivity index (χ3v) is 3.91. The molecular weight excluding hydrogens is 298 g/mol. The molecule has 3 nitrogen and oxygen atoms in total. The first-order chi connectivity index (χ1) is 10.8. The maximum Gasteiger partial charge on any atom is 0.123 e. The Labute approximate surface area is 148 Å². The molecule has 0 aromatic heterocycles. The Kier molecular flexibility index (Phi) is 6.89. The van der Waals surface area contributed by atoms with Gasteiger partial charge in [-0.1, -0.05) is 59.7 Å². The lowest BCUT2D eigenvalue weighted by molar-refractivity contribution is 0.0935. The van der Waals surface area contributed by atoms with Crippen molar-refractivity contribution in [3.05, 3.63) is 29.8 Å². The molecule has 0 radical (unpaired) electrons. The van der Waals surface area contributed by atoms with Crippen LogP contribution >= 0.6 is 0 Å². The van der Waals surface area contributed by atoms with Crippen LogP contribution in [0.15, 0.2) is 24.3 Å². The van der Waals surface area contributed by atoms with Crippen molar-refractivity contribution in [2.45, 2.75) is 78.9 Å². The second-order valence-corrected chi connectivity index (χ2v) is 9.71. The minimum absolute atomic E-state index is 0.0114. The smallest absolute Gasteiger partial charge is 0.123 e. The van der Waals surface area contributed by atoms with E-state index >= 15 is 0 Å². The normalized spacial score (nSPS) is 14.5. The van der Waals surface area contributed by atoms with Crippen LogP contribution in [-0.2, 0) is 5.41 Å². The summed E-state index contributed by atoms with van der Waals surface area (Å²) >= 11 is 0. The van der Waals surface area contributed by atoms with E-state index < -0.39 is 6.10 Å². The van der Waals surface area contributed by atoms with Crippen molar-refractivity contribution in [1.29, 1.82) is 0 Å². The number of ether oxygens (including phenoxy) is 1. The minimum Gasteiger partial charge on any atom is -0.491 e. The molecular formula is C21H37NO2. The van der Waals surface area contributed by atoms with Crippen LogP contribution in [0.4, 0.5) is 0 Å². The van der Waals surface area contributed by atoms with E-state index in [2.05, 4.69) is 66.8 Å². The maximum absolute atomic E-state index is 10.3. The van der Waals surface area contributed by atoms with E-state index in [0.29, 0.717) is 13.2 Å². The number of nitrogens with one attached hydrogen (secondary N) is 1. The number of benzene rings is 1. The molecule has 0 heterocycles. The van der Waals surface area contributed by atoms with Crippen molar-refractivity contribution in [2.75, 3.05) is 13.2 Å². The van der Waals surface area contributed by atoms with Gasteiger partial charge in [0.15, 0.2) is 0 Å². The Bertz CT molecular complexity index is 509. The van der Waals surface area contributed by atoms with Crippen LogP contribution in [-0.4, -0.2) is 29.9 Å². The molecule has 1 aromatic carbocycles. The Morgan fingerprint density at radius 1 is 1.00 bits per heavy atom. The molecule has 3 heteroatoms.